The van der Waals surface area contributed by atoms with Gasteiger partial charge in [0.15, 0.2) is 0 Å². The molecule has 0 amide bonds. The van der Waals surface area contributed by atoms with E-state index in [9.17, 15) is 13.2 Å². The average Bonchev–Trinajstić information content (AvgIpc) is 3.19. The van der Waals surface area contributed by atoms with Gasteiger partial charge in [-0.1, -0.05) is 6.07 Å². The molecule has 0 saturated heterocycles. The Morgan fingerprint density at radius 2 is 1.81 bits per heavy atom. The van der Waals surface area contributed by atoms with Gasteiger partial charge in [0.2, 0.25) is 0 Å². The minimum atomic E-state index is -2.51. The summed E-state index contributed by atoms with van der Waals surface area (Å²) in [6.45, 7) is 1.23. The largest absolute Gasteiger partial charge is 0.322 e. The third-order valence-electron chi connectivity index (χ3n) is 4.31. The van der Waals surface area contributed by atoms with E-state index in [2.05, 4.69) is 15.2 Å². The molecular weight excluding hydrogens is 341 g/mol. The zero-order valence-corrected chi connectivity index (χ0v) is 13.9. The molecule has 26 heavy (non-hydrogen) atoms. The van der Waals surface area contributed by atoms with E-state index in [1.54, 1.807) is 25.3 Å². The normalized spacial score (nSPS) is 11.6. The van der Waals surface area contributed by atoms with Gasteiger partial charge in [0.1, 0.15) is 11.6 Å². The van der Waals surface area contributed by atoms with Crippen molar-refractivity contribution in [2.24, 2.45) is 0 Å². The zero-order valence-electron chi connectivity index (χ0n) is 13.9. The van der Waals surface area contributed by atoms with Gasteiger partial charge in [-0.05, 0) is 43.3 Å². The molecule has 2 aromatic carbocycles. The molecule has 7 heteroatoms. The standard InChI is InChI=1S/C19H15F3N4/c1-11-24-18(12-2-5-15(20)6-3-12)19(26(11)10-17(21)22)13-4-7-16-14(8-13)9-23-25-16/h2-9,17H,10H2,1H3,(H,23,25). The second-order valence-electron chi connectivity index (χ2n) is 6.04. The fraction of sp³-hybridized carbons (Fsp3) is 0.158. The molecule has 132 valence electrons. The van der Waals surface area contributed by atoms with E-state index in [0.717, 1.165) is 16.5 Å². The lowest BCUT2D eigenvalue weighted by atomic mass is 10.0. The summed E-state index contributed by atoms with van der Waals surface area (Å²) in [7, 11) is 0. The number of fused-ring (bicyclic) bond motifs is 1. The topological polar surface area (TPSA) is 46.5 Å². The summed E-state index contributed by atoms with van der Waals surface area (Å²) in [6.07, 6.45) is -0.836. The van der Waals surface area contributed by atoms with Crippen molar-refractivity contribution < 1.29 is 13.2 Å². The highest BCUT2D eigenvalue weighted by Gasteiger charge is 2.20. The van der Waals surface area contributed by atoms with Gasteiger partial charge in [0, 0.05) is 16.5 Å². The van der Waals surface area contributed by atoms with Crippen molar-refractivity contribution in [1.82, 2.24) is 19.7 Å². The van der Waals surface area contributed by atoms with Gasteiger partial charge in [-0.2, -0.15) is 5.10 Å². The van der Waals surface area contributed by atoms with Gasteiger partial charge in [0.05, 0.1) is 29.6 Å². The number of hydrogen-bond donors (Lipinski definition) is 1. The van der Waals surface area contributed by atoms with Crippen molar-refractivity contribution in [3.63, 3.8) is 0 Å². The van der Waals surface area contributed by atoms with Crippen LogP contribution in [-0.2, 0) is 6.54 Å². The number of aryl methyl sites for hydroxylation is 1. The minimum Gasteiger partial charge on any atom is -0.322 e. The van der Waals surface area contributed by atoms with Crippen LogP contribution in [0.2, 0.25) is 0 Å². The van der Waals surface area contributed by atoms with Crippen LogP contribution in [0.5, 0.6) is 0 Å². The van der Waals surface area contributed by atoms with Gasteiger partial charge in [-0.15, -0.1) is 0 Å². The van der Waals surface area contributed by atoms with E-state index in [-0.39, 0.29) is 5.82 Å². The molecular formula is C19H15F3N4. The highest BCUT2D eigenvalue weighted by atomic mass is 19.3. The number of halogens is 3. The Balaban J connectivity index is 1.95. The first kappa shape index (κ1) is 16.4. The lowest BCUT2D eigenvalue weighted by Gasteiger charge is -2.12. The lowest BCUT2D eigenvalue weighted by Crippen LogP contribution is -2.09. The first-order chi connectivity index (χ1) is 12.5. The number of imidazole rings is 1. The number of rotatable bonds is 4. The number of benzene rings is 2. The molecule has 0 bridgehead atoms. The van der Waals surface area contributed by atoms with Gasteiger partial charge < -0.3 is 4.57 Å². The summed E-state index contributed by atoms with van der Waals surface area (Å²) in [6, 6.07) is 11.4. The number of aromatic amines is 1. The Kier molecular flexibility index (Phi) is 3.99. The van der Waals surface area contributed by atoms with E-state index in [1.807, 2.05) is 18.2 Å². The van der Waals surface area contributed by atoms with Crippen molar-refractivity contribution in [2.45, 2.75) is 19.9 Å². The molecule has 0 aliphatic carbocycles. The second-order valence-corrected chi connectivity index (χ2v) is 6.04. The maximum absolute atomic E-state index is 13.3. The predicted molar refractivity (Wildman–Crippen MR) is 93.4 cm³/mol. The Morgan fingerprint density at radius 1 is 1.08 bits per heavy atom. The molecule has 0 atom stereocenters. The predicted octanol–water partition coefficient (Wildman–Crippen LogP) is 4.81. The van der Waals surface area contributed by atoms with Crippen LogP contribution in [-0.4, -0.2) is 26.2 Å². The van der Waals surface area contributed by atoms with Crippen LogP contribution in [0, 0.1) is 12.7 Å². The number of alkyl halides is 2. The molecule has 0 spiro atoms. The smallest absolute Gasteiger partial charge is 0.256 e. The quantitative estimate of drug-likeness (QED) is 0.571. The summed E-state index contributed by atoms with van der Waals surface area (Å²) in [5.74, 6) is 0.116. The summed E-state index contributed by atoms with van der Waals surface area (Å²) in [5.41, 5.74) is 3.40. The van der Waals surface area contributed by atoms with Crippen molar-refractivity contribution in [1.29, 1.82) is 0 Å². The van der Waals surface area contributed by atoms with Crippen LogP contribution in [0.3, 0.4) is 0 Å². The molecule has 4 rings (SSSR count). The Labute approximate surface area is 147 Å². The van der Waals surface area contributed by atoms with Crippen molar-refractivity contribution in [3.8, 4) is 22.5 Å². The number of hydrogen-bond acceptors (Lipinski definition) is 2. The average molecular weight is 356 g/mol. The number of nitrogens with one attached hydrogen (secondary N) is 1. The van der Waals surface area contributed by atoms with E-state index < -0.39 is 13.0 Å². The van der Waals surface area contributed by atoms with Crippen LogP contribution in [0.1, 0.15) is 5.82 Å². The van der Waals surface area contributed by atoms with Crippen LogP contribution in [0.4, 0.5) is 13.2 Å². The first-order valence-corrected chi connectivity index (χ1v) is 8.07. The minimum absolute atomic E-state index is 0.362. The molecule has 1 N–H and O–H groups in total. The summed E-state index contributed by atoms with van der Waals surface area (Å²) < 4.78 is 41.1. The summed E-state index contributed by atoms with van der Waals surface area (Å²) >= 11 is 0. The second kappa shape index (κ2) is 6.33. The van der Waals surface area contributed by atoms with Gasteiger partial charge in [0.25, 0.3) is 6.43 Å². The highest BCUT2D eigenvalue weighted by Crippen LogP contribution is 2.34. The Hall–Kier alpha value is -3.09. The third-order valence-corrected chi connectivity index (χ3v) is 4.31. The SMILES string of the molecule is Cc1nc(-c2ccc(F)cc2)c(-c2ccc3[nH]ncc3c2)n1CC(F)F. The van der Waals surface area contributed by atoms with Crippen LogP contribution in [0.25, 0.3) is 33.4 Å². The molecule has 0 radical (unpaired) electrons. The van der Waals surface area contributed by atoms with E-state index >= 15 is 0 Å². The van der Waals surface area contributed by atoms with Crippen molar-refractivity contribution in [3.05, 3.63) is 60.3 Å². The van der Waals surface area contributed by atoms with E-state index in [0.29, 0.717) is 22.8 Å². The molecule has 0 aliphatic rings. The maximum Gasteiger partial charge on any atom is 0.256 e. The molecule has 0 unspecified atom stereocenters. The molecule has 0 fully saturated rings. The van der Waals surface area contributed by atoms with E-state index in [1.165, 1.54) is 16.7 Å². The van der Waals surface area contributed by atoms with Gasteiger partial charge >= 0.3 is 0 Å². The monoisotopic (exact) mass is 356 g/mol. The third kappa shape index (κ3) is 2.85. The van der Waals surface area contributed by atoms with Crippen molar-refractivity contribution in [2.75, 3.05) is 0 Å². The van der Waals surface area contributed by atoms with Gasteiger partial charge in [-0.25, -0.2) is 18.2 Å². The number of nitrogens with zero attached hydrogens (tertiary/aromatic N) is 3. The number of H-pyrrole nitrogens is 1. The Bertz CT molecular complexity index is 1060. The Morgan fingerprint density at radius 3 is 2.54 bits per heavy atom. The van der Waals surface area contributed by atoms with Crippen LogP contribution >= 0.6 is 0 Å². The highest BCUT2D eigenvalue weighted by molar-refractivity contribution is 5.87. The van der Waals surface area contributed by atoms with Gasteiger partial charge in [-0.3, -0.25) is 5.10 Å². The lowest BCUT2D eigenvalue weighted by molar-refractivity contribution is 0.126. The van der Waals surface area contributed by atoms with Crippen LogP contribution in [0.15, 0.2) is 48.7 Å². The zero-order chi connectivity index (χ0) is 18.3. The molecule has 0 saturated carbocycles. The molecule has 0 aliphatic heterocycles. The first-order valence-electron chi connectivity index (χ1n) is 8.07. The van der Waals surface area contributed by atoms with E-state index in [4.69, 9.17) is 0 Å². The molecule has 4 aromatic rings. The van der Waals surface area contributed by atoms with Crippen LogP contribution < -0.4 is 0 Å². The summed E-state index contributed by atoms with van der Waals surface area (Å²) in [5, 5.41) is 7.73. The fourth-order valence-corrected chi connectivity index (χ4v) is 3.12. The summed E-state index contributed by atoms with van der Waals surface area (Å²) in [4.78, 5) is 4.49. The fourth-order valence-electron chi connectivity index (χ4n) is 3.12. The molecule has 4 nitrogen and oxygen atoms in total. The number of aromatic nitrogens is 4. The maximum atomic E-state index is 13.3. The molecule has 2 aromatic heterocycles. The van der Waals surface area contributed by atoms with Crippen molar-refractivity contribution >= 4 is 10.9 Å². The molecule has 2 heterocycles.